The molecular weight excluding hydrogens is 256 g/mol. The van der Waals surface area contributed by atoms with Crippen LogP contribution < -0.4 is 0 Å². The van der Waals surface area contributed by atoms with E-state index in [4.69, 9.17) is 0 Å². The van der Waals surface area contributed by atoms with Crippen LogP contribution >= 0.6 is 11.3 Å². The number of hydrogen-bond donors (Lipinski definition) is 1. The predicted molar refractivity (Wildman–Crippen MR) is 78.2 cm³/mol. The van der Waals surface area contributed by atoms with E-state index in [0.29, 0.717) is 0 Å². The number of nitrogens with zero attached hydrogens (tertiary/aromatic N) is 2. The third kappa shape index (κ3) is 2.25. The Bertz CT molecular complexity index is 734. The van der Waals surface area contributed by atoms with Crippen molar-refractivity contribution in [1.82, 2.24) is 9.97 Å². The summed E-state index contributed by atoms with van der Waals surface area (Å²) in [6, 6.07) is 12.1. The summed E-state index contributed by atoms with van der Waals surface area (Å²) in [5, 5.41) is 11.7. The zero-order valence-electron chi connectivity index (χ0n) is 10.8. The van der Waals surface area contributed by atoms with Gasteiger partial charge in [0.15, 0.2) is 0 Å². The molecule has 19 heavy (non-hydrogen) atoms. The summed E-state index contributed by atoms with van der Waals surface area (Å²) >= 11 is 1.51. The van der Waals surface area contributed by atoms with Gasteiger partial charge in [0.2, 0.25) is 0 Å². The lowest BCUT2D eigenvalue weighted by molar-refractivity contribution is 0.202. The van der Waals surface area contributed by atoms with Gasteiger partial charge < -0.3 is 5.11 Å². The van der Waals surface area contributed by atoms with Gasteiger partial charge in [-0.3, -0.25) is 0 Å². The Hall–Kier alpha value is -1.78. The van der Waals surface area contributed by atoms with Gasteiger partial charge in [0.1, 0.15) is 5.01 Å². The molecule has 0 aliphatic carbocycles. The molecule has 1 atom stereocenters. The van der Waals surface area contributed by atoms with Crippen molar-refractivity contribution in [2.45, 2.75) is 20.0 Å². The van der Waals surface area contributed by atoms with Gasteiger partial charge >= 0.3 is 0 Å². The van der Waals surface area contributed by atoms with Gasteiger partial charge in [-0.1, -0.05) is 24.3 Å². The number of fused-ring (bicyclic) bond motifs is 1. The molecule has 1 aromatic carbocycles. The van der Waals surface area contributed by atoms with Crippen molar-refractivity contribution in [2.75, 3.05) is 0 Å². The minimum absolute atomic E-state index is 0.480. The van der Waals surface area contributed by atoms with E-state index >= 15 is 0 Å². The van der Waals surface area contributed by atoms with E-state index in [1.165, 1.54) is 11.3 Å². The molecule has 96 valence electrons. The van der Waals surface area contributed by atoms with Crippen molar-refractivity contribution in [3.63, 3.8) is 0 Å². The fourth-order valence-corrected chi connectivity index (χ4v) is 3.06. The second-order valence-electron chi connectivity index (χ2n) is 4.53. The fraction of sp³-hybridized carbons (Fsp3) is 0.200. The van der Waals surface area contributed by atoms with E-state index in [1.54, 1.807) is 6.92 Å². The SMILES string of the molecule is Cc1nc(-c2ccc3ccccc3n2)sc1C(C)O. The number of aryl methyl sites for hydroxylation is 1. The van der Waals surface area contributed by atoms with E-state index < -0.39 is 6.10 Å². The number of para-hydroxylation sites is 1. The van der Waals surface area contributed by atoms with Crippen LogP contribution in [0, 0.1) is 6.92 Å². The maximum Gasteiger partial charge on any atom is 0.142 e. The maximum absolute atomic E-state index is 9.69. The Kier molecular flexibility index (Phi) is 3.05. The van der Waals surface area contributed by atoms with Crippen molar-refractivity contribution < 1.29 is 5.11 Å². The molecule has 0 amide bonds. The molecule has 0 radical (unpaired) electrons. The number of aromatic nitrogens is 2. The highest BCUT2D eigenvalue weighted by Crippen LogP contribution is 2.31. The molecule has 3 rings (SSSR count). The lowest BCUT2D eigenvalue weighted by Crippen LogP contribution is -1.88. The molecule has 3 nitrogen and oxygen atoms in total. The number of thiazole rings is 1. The van der Waals surface area contributed by atoms with Crippen molar-refractivity contribution in [1.29, 1.82) is 0 Å². The predicted octanol–water partition coefficient (Wildman–Crippen LogP) is 3.72. The molecule has 2 aromatic heterocycles. The molecule has 0 saturated carbocycles. The third-order valence-corrected chi connectivity index (χ3v) is 4.38. The quantitative estimate of drug-likeness (QED) is 0.772. The van der Waals surface area contributed by atoms with Crippen LogP contribution in [0.1, 0.15) is 23.6 Å². The first-order valence-corrected chi connectivity index (χ1v) is 6.98. The number of aliphatic hydroxyl groups excluding tert-OH is 1. The van der Waals surface area contributed by atoms with E-state index in [1.807, 2.05) is 37.3 Å². The normalized spacial score (nSPS) is 12.8. The second-order valence-corrected chi connectivity index (χ2v) is 5.56. The highest BCUT2D eigenvalue weighted by molar-refractivity contribution is 7.15. The lowest BCUT2D eigenvalue weighted by atomic mass is 10.2. The smallest absolute Gasteiger partial charge is 0.142 e. The number of pyridine rings is 1. The van der Waals surface area contributed by atoms with Gasteiger partial charge in [-0.25, -0.2) is 9.97 Å². The molecular formula is C15H14N2OS. The van der Waals surface area contributed by atoms with Gasteiger partial charge in [-0.15, -0.1) is 11.3 Å². The van der Waals surface area contributed by atoms with Crippen molar-refractivity contribution >= 4 is 22.2 Å². The Balaban J connectivity index is 2.11. The molecule has 3 aromatic rings. The average molecular weight is 270 g/mol. The minimum atomic E-state index is -0.480. The molecule has 0 spiro atoms. The number of aliphatic hydroxyl groups is 1. The topological polar surface area (TPSA) is 46.0 Å². The van der Waals surface area contributed by atoms with Crippen LogP contribution in [0.2, 0.25) is 0 Å². The highest BCUT2D eigenvalue weighted by Gasteiger charge is 2.14. The van der Waals surface area contributed by atoms with Crippen LogP contribution in [0.5, 0.6) is 0 Å². The molecule has 0 bridgehead atoms. The largest absolute Gasteiger partial charge is 0.388 e. The van der Waals surface area contributed by atoms with Crippen LogP contribution in [-0.2, 0) is 0 Å². The van der Waals surface area contributed by atoms with Crippen molar-refractivity contribution in [3.8, 4) is 10.7 Å². The standard InChI is InChI=1S/C15H14N2OS/c1-9-14(10(2)18)19-15(16-9)13-8-7-11-5-3-4-6-12(11)17-13/h3-8,10,18H,1-2H3. The summed E-state index contributed by atoms with van der Waals surface area (Å²) in [7, 11) is 0. The monoisotopic (exact) mass is 270 g/mol. The number of hydrogen-bond acceptors (Lipinski definition) is 4. The van der Waals surface area contributed by atoms with Gasteiger partial charge in [-0.2, -0.15) is 0 Å². The molecule has 1 N–H and O–H groups in total. The second kappa shape index (κ2) is 4.72. The highest BCUT2D eigenvalue weighted by atomic mass is 32.1. The van der Waals surface area contributed by atoms with Crippen molar-refractivity contribution in [3.05, 3.63) is 47.0 Å². The zero-order chi connectivity index (χ0) is 13.4. The van der Waals surface area contributed by atoms with E-state index in [2.05, 4.69) is 16.0 Å². The zero-order valence-corrected chi connectivity index (χ0v) is 11.6. The molecule has 0 fully saturated rings. The first-order valence-electron chi connectivity index (χ1n) is 6.16. The summed E-state index contributed by atoms with van der Waals surface area (Å²) in [4.78, 5) is 10.0. The lowest BCUT2D eigenvalue weighted by Gasteiger charge is -2.00. The number of benzene rings is 1. The van der Waals surface area contributed by atoms with Crippen LogP contribution in [0.15, 0.2) is 36.4 Å². The summed E-state index contributed by atoms with van der Waals surface area (Å²) in [5.74, 6) is 0. The van der Waals surface area contributed by atoms with Crippen LogP contribution in [0.3, 0.4) is 0 Å². The van der Waals surface area contributed by atoms with Crippen LogP contribution in [-0.4, -0.2) is 15.1 Å². The Morgan fingerprint density at radius 1 is 1.11 bits per heavy atom. The van der Waals surface area contributed by atoms with Crippen LogP contribution in [0.25, 0.3) is 21.6 Å². The Morgan fingerprint density at radius 2 is 1.89 bits per heavy atom. The molecule has 0 aliphatic heterocycles. The maximum atomic E-state index is 9.69. The van der Waals surface area contributed by atoms with E-state index in [0.717, 1.165) is 32.2 Å². The first kappa shape index (κ1) is 12.3. The molecule has 0 saturated heterocycles. The summed E-state index contributed by atoms with van der Waals surface area (Å²) in [5.41, 5.74) is 2.70. The molecule has 2 heterocycles. The Morgan fingerprint density at radius 3 is 2.63 bits per heavy atom. The summed E-state index contributed by atoms with van der Waals surface area (Å²) in [6.07, 6.45) is -0.480. The average Bonchev–Trinajstić information content (AvgIpc) is 2.80. The third-order valence-electron chi connectivity index (χ3n) is 3.03. The van der Waals surface area contributed by atoms with Gasteiger partial charge in [0, 0.05) is 5.39 Å². The summed E-state index contributed by atoms with van der Waals surface area (Å²) < 4.78 is 0. The minimum Gasteiger partial charge on any atom is -0.388 e. The Labute approximate surface area is 115 Å². The first-order chi connectivity index (χ1) is 9.15. The molecule has 1 unspecified atom stereocenters. The van der Waals surface area contributed by atoms with Crippen LogP contribution in [0.4, 0.5) is 0 Å². The van der Waals surface area contributed by atoms with E-state index in [9.17, 15) is 5.11 Å². The summed E-state index contributed by atoms with van der Waals surface area (Å²) in [6.45, 7) is 3.68. The molecule has 4 heteroatoms. The van der Waals surface area contributed by atoms with Gasteiger partial charge in [0.05, 0.1) is 27.9 Å². The van der Waals surface area contributed by atoms with Gasteiger partial charge in [-0.05, 0) is 26.0 Å². The fourth-order valence-electron chi connectivity index (χ4n) is 2.09. The molecule has 0 aliphatic rings. The van der Waals surface area contributed by atoms with E-state index in [-0.39, 0.29) is 0 Å². The van der Waals surface area contributed by atoms with Crippen molar-refractivity contribution in [2.24, 2.45) is 0 Å². The number of rotatable bonds is 2. The van der Waals surface area contributed by atoms with Gasteiger partial charge in [0.25, 0.3) is 0 Å².